The minimum Gasteiger partial charge on any atom is -0.489 e. The summed E-state index contributed by atoms with van der Waals surface area (Å²) in [6, 6.07) is 7.33. The molecule has 0 unspecified atom stereocenters. The van der Waals surface area contributed by atoms with Crippen LogP contribution in [0.15, 0.2) is 48.9 Å². The standard InChI is InChI=1S/C24H24N6O4/c1-24(2,33)9-8-16-6-7-21-20(12-16)29(3)22(31)19(15-34-21)27-23(32)30-14-17(13-26-30)11-18-5-4-10-25-28-18/h4-7,10,12-14,19,33H,11,15H2,1-3H3,(H,27,32)/t19-/m1/s1. The molecule has 1 aliphatic rings. The van der Waals surface area contributed by atoms with Crippen LogP contribution in [0.1, 0.15) is 30.7 Å². The van der Waals surface area contributed by atoms with Crippen LogP contribution in [0.25, 0.3) is 0 Å². The summed E-state index contributed by atoms with van der Waals surface area (Å²) in [4.78, 5) is 27.2. The smallest absolute Gasteiger partial charge is 0.342 e. The Hall–Kier alpha value is -4.23. The lowest BCUT2D eigenvalue weighted by atomic mass is 10.1. The molecule has 0 fully saturated rings. The third-order valence-electron chi connectivity index (χ3n) is 5.02. The van der Waals surface area contributed by atoms with E-state index in [1.807, 2.05) is 6.07 Å². The Morgan fingerprint density at radius 1 is 1.35 bits per heavy atom. The Morgan fingerprint density at radius 3 is 2.91 bits per heavy atom. The Bertz CT molecular complexity index is 1270. The van der Waals surface area contributed by atoms with Crippen molar-refractivity contribution in [3.05, 3.63) is 65.7 Å². The predicted molar refractivity (Wildman–Crippen MR) is 123 cm³/mol. The number of carbonyl (C=O) groups is 2. The number of benzene rings is 1. The van der Waals surface area contributed by atoms with Gasteiger partial charge in [-0.05, 0) is 49.7 Å². The molecule has 1 atom stereocenters. The number of aliphatic hydroxyl groups is 1. The van der Waals surface area contributed by atoms with Crippen molar-refractivity contribution in [2.75, 3.05) is 18.6 Å². The van der Waals surface area contributed by atoms with Crippen molar-refractivity contribution >= 4 is 17.6 Å². The summed E-state index contributed by atoms with van der Waals surface area (Å²) in [6.07, 6.45) is 5.21. The summed E-state index contributed by atoms with van der Waals surface area (Å²) in [5.74, 6) is 5.79. The number of nitrogens with one attached hydrogen (secondary N) is 1. The number of hydrogen-bond donors (Lipinski definition) is 2. The fourth-order valence-corrected chi connectivity index (χ4v) is 3.32. The number of anilines is 1. The van der Waals surface area contributed by atoms with Gasteiger partial charge in [-0.15, -0.1) is 0 Å². The van der Waals surface area contributed by atoms with Crippen LogP contribution in [0, 0.1) is 11.8 Å². The second-order valence-corrected chi connectivity index (χ2v) is 8.39. The highest BCUT2D eigenvalue weighted by atomic mass is 16.5. The molecular formula is C24H24N6O4. The van der Waals surface area contributed by atoms with Gasteiger partial charge in [0.25, 0.3) is 5.91 Å². The fourth-order valence-electron chi connectivity index (χ4n) is 3.32. The molecule has 34 heavy (non-hydrogen) atoms. The molecule has 0 bridgehead atoms. The second-order valence-electron chi connectivity index (χ2n) is 8.39. The van der Waals surface area contributed by atoms with Gasteiger partial charge in [-0.25, -0.2) is 4.79 Å². The quantitative estimate of drug-likeness (QED) is 0.566. The van der Waals surface area contributed by atoms with E-state index in [1.54, 1.807) is 63.8 Å². The summed E-state index contributed by atoms with van der Waals surface area (Å²) in [5, 5.41) is 24.5. The Morgan fingerprint density at radius 2 is 2.18 bits per heavy atom. The normalized spacial score (nSPS) is 15.5. The molecule has 2 N–H and O–H groups in total. The van der Waals surface area contributed by atoms with Gasteiger partial charge in [0, 0.05) is 31.4 Å². The molecule has 3 heterocycles. The highest BCUT2D eigenvalue weighted by molar-refractivity contribution is 6.00. The van der Waals surface area contributed by atoms with Crippen molar-refractivity contribution in [3.63, 3.8) is 0 Å². The van der Waals surface area contributed by atoms with Crippen molar-refractivity contribution in [1.29, 1.82) is 0 Å². The average molecular weight is 460 g/mol. The van der Waals surface area contributed by atoms with Gasteiger partial charge < -0.3 is 20.1 Å². The van der Waals surface area contributed by atoms with Gasteiger partial charge in [-0.3, -0.25) is 4.79 Å². The van der Waals surface area contributed by atoms with E-state index in [9.17, 15) is 14.7 Å². The minimum absolute atomic E-state index is 0.0374. The highest BCUT2D eigenvalue weighted by Crippen LogP contribution is 2.31. The molecule has 2 amide bonds. The summed E-state index contributed by atoms with van der Waals surface area (Å²) in [6.45, 7) is 3.14. The molecule has 0 saturated carbocycles. The van der Waals surface area contributed by atoms with Crippen molar-refractivity contribution in [1.82, 2.24) is 25.3 Å². The van der Waals surface area contributed by atoms with Crippen LogP contribution in [0.4, 0.5) is 10.5 Å². The van der Waals surface area contributed by atoms with Gasteiger partial charge in [0.1, 0.15) is 24.0 Å². The number of fused-ring (bicyclic) bond motifs is 1. The summed E-state index contributed by atoms with van der Waals surface area (Å²) >= 11 is 0. The van der Waals surface area contributed by atoms with Gasteiger partial charge in [-0.1, -0.05) is 11.8 Å². The average Bonchev–Trinajstić information content (AvgIpc) is 3.24. The molecular weight excluding hydrogens is 436 g/mol. The number of carbonyl (C=O) groups excluding carboxylic acids is 2. The Balaban J connectivity index is 1.46. The third-order valence-corrected chi connectivity index (χ3v) is 5.02. The third kappa shape index (κ3) is 5.39. The SMILES string of the molecule is CN1C(=O)[C@H](NC(=O)n2cc(Cc3cccnn3)cn2)COc2ccc(C#CC(C)(C)O)cc21. The van der Waals surface area contributed by atoms with Gasteiger partial charge >= 0.3 is 6.03 Å². The van der Waals surface area contributed by atoms with Gasteiger partial charge in [0.15, 0.2) is 0 Å². The first-order chi connectivity index (χ1) is 16.2. The maximum absolute atomic E-state index is 13.1. The molecule has 4 rings (SSSR count). The molecule has 0 saturated heterocycles. The number of likely N-dealkylation sites (N-methyl/N-ethyl adjacent to an activating group) is 1. The molecule has 10 nitrogen and oxygen atoms in total. The molecule has 0 aliphatic carbocycles. The predicted octanol–water partition coefficient (Wildman–Crippen LogP) is 1.37. The van der Waals surface area contributed by atoms with Crippen LogP contribution in [0.3, 0.4) is 0 Å². The molecule has 10 heteroatoms. The Labute approximate surface area is 196 Å². The zero-order chi connectivity index (χ0) is 24.3. The van der Waals surface area contributed by atoms with Crippen LogP contribution in [0.2, 0.25) is 0 Å². The maximum Gasteiger partial charge on any atom is 0.342 e. The van der Waals surface area contributed by atoms with Crippen molar-refractivity contribution in [2.45, 2.75) is 31.9 Å². The molecule has 0 spiro atoms. The number of hydrogen-bond acceptors (Lipinski definition) is 7. The van der Waals surface area contributed by atoms with E-state index >= 15 is 0 Å². The molecule has 0 radical (unpaired) electrons. The lowest BCUT2D eigenvalue weighted by molar-refractivity contribution is -0.120. The number of rotatable bonds is 3. The van der Waals surface area contributed by atoms with E-state index in [1.165, 1.54) is 4.90 Å². The summed E-state index contributed by atoms with van der Waals surface area (Å²) < 4.78 is 6.94. The van der Waals surface area contributed by atoms with Crippen LogP contribution in [-0.4, -0.2) is 62.3 Å². The van der Waals surface area contributed by atoms with Gasteiger partial charge in [0.2, 0.25) is 0 Å². The number of ether oxygens (including phenoxy) is 1. The van der Waals surface area contributed by atoms with E-state index in [2.05, 4.69) is 32.5 Å². The molecule has 1 aliphatic heterocycles. The van der Waals surface area contributed by atoms with Gasteiger partial charge in [0.05, 0.1) is 17.6 Å². The molecule has 3 aromatic rings. The van der Waals surface area contributed by atoms with E-state index in [0.29, 0.717) is 23.4 Å². The molecule has 174 valence electrons. The first-order valence-electron chi connectivity index (χ1n) is 10.6. The van der Waals surface area contributed by atoms with E-state index in [-0.39, 0.29) is 12.5 Å². The monoisotopic (exact) mass is 460 g/mol. The largest absolute Gasteiger partial charge is 0.489 e. The van der Waals surface area contributed by atoms with Crippen LogP contribution < -0.4 is 15.0 Å². The molecule has 2 aromatic heterocycles. The fraction of sp³-hybridized carbons (Fsp3) is 0.292. The summed E-state index contributed by atoms with van der Waals surface area (Å²) in [5.41, 5.74) is 1.54. The highest BCUT2D eigenvalue weighted by Gasteiger charge is 2.31. The van der Waals surface area contributed by atoms with Crippen molar-refractivity contribution < 1.29 is 19.4 Å². The Kier molecular flexibility index (Phi) is 6.30. The first-order valence-corrected chi connectivity index (χ1v) is 10.6. The van der Waals surface area contributed by atoms with Crippen LogP contribution in [0.5, 0.6) is 5.75 Å². The van der Waals surface area contributed by atoms with E-state index in [4.69, 9.17) is 4.74 Å². The zero-order valence-corrected chi connectivity index (χ0v) is 19.0. The number of aromatic nitrogens is 4. The van der Waals surface area contributed by atoms with Crippen LogP contribution >= 0.6 is 0 Å². The van der Waals surface area contributed by atoms with E-state index < -0.39 is 17.7 Å². The van der Waals surface area contributed by atoms with Crippen LogP contribution in [-0.2, 0) is 11.2 Å². The lowest BCUT2D eigenvalue weighted by Crippen LogP contribution is -2.50. The second kappa shape index (κ2) is 9.33. The van der Waals surface area contributed by atoms with E-state index in [0.717, 1.165) is 15.9 Å². The van der Waals surface area contributed by atoms with Crippen molar-refractivity contribution in [3.8, 4) is 17.6 Å². The van der Waals surface area contributed by atoms with Crippen molar-refractivity contribution in [2.24, 2.45) is 0 Å². The lowest BCUT2D eigenvalue weighted by Gasteiger charge is -2.20. The zero-order valence-electron chi connectivity index (χ0n) is 19.0. The number of amides is 2. The topological polar surface area (TPSA) is 122 Å². The minimum atomic E-state index is -1.14. The molecule has 1 aromatic carbocycles. The first kappa shape index (κ1) is 22.9. The number of nitrogens with zero attached hydrogens (tertiary/aromatic N) is 5. The summed E-state index contributed by atoms with van der Waals surface area (Å²) in [7, 11) is 1.61. The maximum atomic E-state index is 13.1. The van der Waals surface area contributed by atoms with Gasteiger partial charge in [-0.2, -0.15) is 20.0 Å².